The van der Waals surface area contributed by atoms with Gasteiger partial charge in [-0.25, -0.2) is 14.6 Å². The highest BCUT2D eigenvalue weighted by molar-refractivity contribution is 7.09. The number of hydrogen-bond donors (Lipinski definition) is 3. The summed E-state index contributed by atoms with van der Waals surface area (Å²) in [5.41, 5.74) is 0.773. The number of aromatic nitrogens is 1. The number of carbonyl (C=O) groups excluding carboxylic acids is 1. The molecular formula is C11H17N3O3S. The lowest BCUT2D eigenvalue weighted by Gasteiger charge is -2.13. The SMILES string of the molecule is CCC[C@H](NC(=O)NCc1csc(C)n1)C(=O)O. The number of rotatable bonds is 6. The van der Waals surface area contributed by atoms with Crippen LogP contribution in [0.4, 0.5) is 4.79 Å². The highest BCUT2D eigenvalue weighted by atomic mass is 32.1. The second-order valence-corrected chi connectivity index (χ2v) is 4.93. The summed E-state index contributed by atoms with van der Waals surface area (Å²) in [5, 5.41) is 16.7. The minimum atomic E-state index is -1.02. The molecule has 0 saturated heterocycles. The summed E-state index contributed by atoms with van der Waals surface area (Å²) in [4.78, 5) is 26.5. The van der Waals surface area contributed by atoms with Crippen molar-refractivity contribution < 1.29 is 14.7 Å². The Kier molecular flexibility index (Phi) is 5.57. The lowest BCUT2D eigenvalue weighted by molar-refractivity contribution is -0.139. The second-order valence-electron chi connectivity index (χ2n) is 3.86. The van der Waals surface area contributed by atoms with Crippen molar-refractivity contribution >= 4 is 23.3 Å². The molecule has 0 radical (unpaired) electrons. The van der Waals surface area contributed by atoms with Crippen LogP contribution in [0.2, 0.25) is 0 Å². The Morgan fingerprint density at radius 2 is 2.28 bits per heavy atom. The highest BCUT2D eigenvalue weighted by Gasteiger charge is 2.18. The first-order valence-corrected chi connectivity index (χ1v) is 6.59. The van der Waals surface area contributed by atoms with E-state index in [1.54, 1.807) is 0 Å². The molecule has 0 fully saturated rings. The smallest absolute Gasteiger partial charge is 0.326 e. The number of aryl methyl sites for hydroxylation is 1. The quantitative estimate of drug-likeness (QED) is 0.731. The molecule has 2 amide bonds. The normalized spacial score (nSPS) is 11.9. The van der Waals surface area contributed by atoms with E-state index < -0.39 is 18.0 Å². The van der Waals surface area contributed by atoms with Crippen LogP contribution in [0, 0.1) is 6.92 Å². The largest absolute Gasteiger partial charge is 0.480 e. The molecule has 0 unspecified atom stereocenters. The summed E-state index contributed by atoms with van der Waals surface area (Å²) in [6, 6.07) is -1.33. The zero-order valence-electron chi connectivity index (χ0n) is 10.4. The van der Waals surface area contributed by atoms with E-state index in [1.807, 2.05) is 19.2 Å². The van der Waals surface area contributed by atoms with Crippen LogP contribution in [0.3, 0.4) is 0 Å². The van der Waals surface area contributed by atoms with E-state index in [0.717, 1.165) is 10.7 Å². The number of carbonyl (C=O) groups is 2. The van der Waals surface area contributed by atoms with Gasteiger partial charge in [-0.05, 0) is 13.3 Å². The highest BCUT2D eigenvalue weighted by Crippen LogP contribution is 2.07. The van der Waals surface area contributed by atoms with E-state index in [1.165, 1.54) is 11.3 Å². The van der Waals surface area contributed by atoms with Gasteiger partial charge in [0.2, 0.25) is 0 Å². The molecule has 0 aliphatic rings. The first-order chi connectivity index (χ1) is 8.52. The molecule has 18 heavy (non-hydrogen) atoms. The maximum atomic E-state index is 11.5. The Labute approximate surface area is 109 Å². The fourth-order valence-corrected chi connectivity index (χ4v) is 2.03. The van der Waals surface area contributed by atoms with Gasteiger partial charge in [-0.3, -0.25) is 0 Å². The van der Waals surface area contributed by atoms with Crippen LogP contribution in [0.15, 0.2) is 5.38 Å². The van der Waals surface area contributed by atoms with Crippen molar-refractivity contribution in [3.05, 3.63) is 16.1 Å². The van der Waals surface area contributed by atoms with E-state index in [-0.39, 0.29) is 0 Å². The van der Waals surface area contributed by atoms with E-state index in [0.29, 0.717) is 19.4 Å². The van der Waals surface area contributed by atoms with Crippen LogP contribution >= 0.6 is 11.3 Å². The summed E-state index contributed by atoms with van der Waals surface area (Å²) in [5.74, 6) is -1.02. The molecule has 0 aliphatic carbocycles. The average molecular weight is 271 g/mol. The Morgan fingerprint density at radius 3 is 2.78 bits per heavy atom. The summed E-state index contributed by atoms with van der Waals surface area (Å²) >= 11 is 1.51. The van der Waals surface area contributed by atoms with E-state index >= 15 is 0 Å². The molecule has 1 aromatic rings. The number of urea groups is 1. The first kappa shape index (κ1) is 14.4. The Hall–Kier alpha value is -1.63. The van der Waals surface area contributed by atoms with Gasteiger partial charge in [0, 0.05) is 5.38 Å². The molecular weight excluding hydrogens is 254 g/mol. The summed E-state index contributed by atoms with van der Waals surface area (Å²) < 4.78 is 0. The molecule has 0 aromatic carbocycles. The van der Waals surface area contributed by atoms with Gasteiger partial charge in [0.15, 0.2) is 0 Å². The van der Waals surface area contributed by atoms with Crippen molar-refractivity contribution in [2.24, 2.45) is 0 Å². The molecule has 1 heterocycles. The molecule has 7 heteroatoms. The zero-order chi connectivity index (χ0) is 13.5. The third-order valence-electron chi connectivity index (χ3n) is 2.28. The van der Waals surface area contributed by atoms with Gasteiger partial charge < -0.3 is 15.7 Å². The van der Waals surface area contributed by atoms with Crippen molar-refractivity contribution in [1.82, 2.24) is 15.6 Å². The third kappa shape index (κ3) is 4.70. The number of nitrogens with one attached hydrogen (secondary N) is 2. The average Bonchev–Trinajstić information content (AvgIpc) is 2.72. The molecule has 0 saturated carbocycles. The lowest BCUT2D eigenvalue weighted by Crippen LogP contribution is -2.45. The number of nitrogens with zero attached hydrogens (tertiary/aromatic N) is 1. The van der Waals surface area contributed by atoms with Crippen LogP contribution in [0.1, 0.15) is 30.5 Å². The van der Waals surface area contributed by atoms with Crippen molar-refractivity contribution in [2.45, 2.75) is 39.3 Å². The monoisotopic (exact) mass is 271 g/mol. The Morgan fingerprint density at radius 1 is 1.56 bits per heavy atom. The number of carboxylic acids is 1. The first-order valence-electron chi connectivity index (χ1n) is 5.71. The van der Waals surface area contributed by atoms with Crippen molar-refractivity contribution in [3.8, 4) is 0 Å². The zero-order valence-corrected chi connectivity index (χ0v) is 11.2. The summed E-state index contributed by atoms with van der Waals surface area (Å²) in [6.45, 7) is 4.05. The van der Waals surface area contributed by atoms with E-state index in [2.05, 4.69) is 15.6 Å². The van der Waals surface area contributed by atoms with E-state index in [4.69, 9.17) is 5.11 Å². The van der Waals surface area contributed by atoms with Gasteiger partial charge in [-0.15, -0.1) is 11.3 Å². The minimum Gasteiger partial charge on any atom is -0.480 e. The topological polar surface area (TPSA) is 91.3 Å². The van der Waals surface area contributed by atoms with Gasteiger partial charge in [0.1, 0.15) is 6.04 Å². The fourth-order valence-electron chi connectivity index (χ4n) is 1.42. The van der Waals surface area contributed by atoms with Gasteiger partial charge in [-0.2, -0.15) is 0 Å². The van der Waals surface area contributed by atoms with Crippen LogP contribution in [-0.2, 0) is 11.3 Å². The van der Waals surface area contributed by atoms with E-state index in [9.17, 15) is 9.59 Å². The molecule has 0 bridgehead atoms. The summed E-state index contributed by atoms with van der Waals surface area (Å²) in [7, 11) is 0. The van der Waals surface area contributed by atoms with Crippen molar-refractivity contribution in [3.63, 3.8) is 0 Å². The number of thiazole rings is 1. The van der Waals surface area contributed by atoms with Crippen LogP contribution < -0.4 is 10.6 Å². The number of aliphatic carboxylic acids is 1. The standard InChI is InChI=1S/C11H17N3O3S/c1-3-4-9(10(15)16)14-11(17)12-5-8-6-18-7(2)13-8/h6,9H,3-5H2,1-2H3,(H,15,16)(H2,12,14,17)/t9-/m0/s1. The van der Waals surface area contributed by atoms with Crippen LogP contribution in [0.5, 0.6) is 0 Å². The Balaban J connectivity index is 2.38. The predicted octanol–water partition coefficient (Wildman–Crippen LogP) is 1.50. The van der Waals surface area contributed by atoms with Crippen molar-refractivity contribution in [1.29, 1.82) is 0 Å². The molecule has 0 spiro atoms. The number of amides is 2. The van der Waals surface area contributed by atoms with Crippen molar-refractivity contribution in [2.75, 3.05) is 0 Å². The molecule has 6 nitrogen and oxygen atoms in total. The molecule has 1 rings (SSSR count). The molecule has 1 atom stereocenters. The number of hydrogen-bond acceptors (Lipinski definition) is 4. The molecule has 100 valence electrons. The molecule has 0 aliphatic heterocycles. The van der Waals surface area contributed by atoms with Gasteiger partial charge >= 0.3 is 12.0 Å². The minimum absolute atomic E-state index is 0.300. The van der Waals surface area contributed by atoms with Gasteiger partial charge in [-0.1, -0.05) is 13.3 Å². The second kappa shape index (κ2) is 6.95. The van der Waals surface area contributed by atoms with Crippen LogP contribution in [-0.4, -0.2) is 28.1 Å². The maximum absolute atomic E-state index is 11.5. The van der Waals surface area contributed by atoms with Crippen LogP contribution in [0.25, 0.3) is 0 Å². The van der Waals surface area contributed by atoms with Gasteiger partial charge in [0.25, 0.3) is 0 Å². The van der Waals surface area contributed by atoms with Gasteiger partial charge in [0.05, 0.1) is 17.2 Å². The maximum Gasteiger partial charge on any atom is 0.326 e. The third-order valence-corrected chi connectivity index (χ3v) is 3.10. The summed E-state index contributed by atoms with van der Waals surface area (Å²) in [6.07, 6.45) is 1.11. The fraction of sp³-hybridized carbons (Fsp3) is 0.545. The Bertz CT molecular complexity index is 419. The number of carboxylic acid groups (broad SMARTS) is 1. The molecule has 3 N–H and O–H groups in total. The molecule has 1 aromatic heterocycles. The predicted molar refractivity (Wildman–Crippen MR) is 68.6 cm³/mol. The lowest BCUT2D eigenvalue weighted by atomic mass is 10.2.